The van der Waals surface area contributed by atoms with Crippen LogP contribution >= 0.6 is 0 Å². The highest BCUT2D eigenvalue weighted by molar-refractivity contribution is 5.43. The Morgan fingerprint density at radius 3 is 2.52 bits per heavy atom. The van der Waals surface area contributed by atoms with E-state index in [2.05, 4.69) is 6.92 Å². The first-order chi connectivity index (χ1) is 11.8. The SMILES string of the molecule is CC/C=C\C=C(/C)C(c1c(O)cc(CC)cc1F)N(C)C/C=C(\C)N. The van der Waals surface area contributed by atoms with Crippen LogP contribution < -0.4 is 5.73 Å². The number of allylic oxidation sites excluding steroid dienone is 4. The minimum Gasteiger partial charge on any atom is -0.507 e. The van der Waals surface area contributed by atoms with Crippen LogP contribution in [0.25, 0.3) is 0 Å². The monoisotopic (exact) mass is 346 g/mol. The lowest BCUT2D eigenvalue weighted by Gasteiger charge is -2.29. The van der Waals surface area contributed by atoms with E-state index in [-0.39, 0.29) is 17.6 Å². The number of halogens is 1. The van der Waals surface area contributed by atoms with Crippen molar-refractivity contribution in [2.24, 2.45) is 5.73 Å². The fourth-order valence-corrected chi connectivity index (χ4v) is 2.77. The zero-order valence-corrected chi connectivity index (χ0v) is 16.0. The number of rotatable bonds is 8. The molecule has 0 aromatic heterocycles. The molecule has 1 rings (SSSR count). The zero-order chi connectivity index (χ0) is 19.0. The molecule has 0 saturated heterocycles. The Morgan fingerprint density at radius 2 is 2.00 bits per heavy atom. The van der Waals surface area contributed by atoms with Gasteiger partial charge in [0.15, 0.2) is 0 Å². The van der Waals surface area contributed by atoms with Gasteiger partial charge in [0.05, 0.1) is 11.6 Å². The van der Waals surface area contributed by atoms with Crippen molar-refractivity contribution in [2.75, 3.05) is 13.6 Å². The first-order valence-corrected chi connectivity index (χ1v) is 8.78. The molecule has 3 nitrogen and oxygen atoms in total. The molecule has 0 bridgehead atoms. The molecule has 4 heteroatoms. The zero-order valence-electron chi connectivity index (χ0n) is 16.0. The summed E-state index contributed by atoms with van der Waals surface area (Å²) in [6.45, 7) is 8.33. The first-order valence-electron chi connectivity index (χ1n) is 8.78. The normalized spacial score (nSPS) is 14.5. The van der Waals surface area contributed by atoms with Gasteiger partial charge in [0.25, 0.3) is 0 Å². The van der Waals surface area contributed by atoms with Crippen LogP contribution in [0.3, 0.4) is 0 Å². The Morgan fingerprint density at radius 1 is 1.32 bits per heavy atom. The lowest BCUT2D eigenvalue weighted by Crippen LogP contribution is -2.27. The van der Waals surface area contributed by atoms with Crippen molar-refractivity contribution in [1.82, 2.24) is 4.90 Å². The maximum absolute atomic E-state index is 14.8. The van der Waals surface area contributed by atoms with Crippen LogP contribution in [0.15, 0.2) is 47.7 Å². The first kappa shape index (κ1) is 21.0. The molecule has 0 fully saturated rings. The third kappa shape index (κ3) is 6.05. The highest BCUT2D eigenvalue weighted by atomic mass is 19.1. The Labute approximate surface area is 151 Å². The van der Waals surface area contributed by atoms with Gasteiger partial charge in [-0.15, -0.1) is 0 Å². The Kier molecular flexibility index (Phi) is 8.42. The van der Waals surface area contributed by atoms with Crippen LogP contribution in [0.1, 0.15) is 51.3 Å². The van der Waals surface area contributed by atoms with Gasteiger partial charge in [-0.25, -0.2) is 4.39 Å². The average molecular weight is 346 g/mol. The van der Waals surface area contributed by atoms with E-state index < -0.39 is 0 Å². The standard InChI is InChI=1S/C21H31FN2O/c1-6-8-9-10-15(3)21(24(5)12-11-16(4)23)20-18(22)13-17(7-2)14-19(20)25/h8-11,13-14,21,25H,6-7,12,23H2,1-5H3/b9-8-,15-10+,16-11+. The lowest BCUT2D eigenvalue weighted by molar-refractivity contribution is 0.289. The van der Waals surface area contributed by atoms with Crippen molar-refractivity contribution in [2.45, 2.75) is 46.6 Å². The second-order valence-electron chi connectivity index (χ2n) is 6.40. The van der Waals surface area contributed by atoms with Gasteiger partial charge in [0.1, 0.15) is 11.6 Å². The molecule has 1 atom stereocenters. The van der Waals surface area contributed by atoms with E-state index in [1.807, 2.05) is 57.0 Å². The number of hydrogen-bond donors (Lipinski definition) is 2. The predicted octanol–water partition coefficient (Wildman–Crippen LogP) is 4.84. The van der Waals surface area contributed by atoms with E-state index in [1.165, 1.54) is 6.07 Å². The molecule has 1 unspecified atom stereocenters. The molecular formula is C21H31FN2O. The summed E-state index contributed by atoms with van der Waals surface area (Å²) in [5.41, 5.74) is 8.49. The van der Waals surface area contributed by atoms with Crippen molar-refractivity contribution in [3.8, 4) is 5.75 Å². The number of benzene rings is 1. The molecule has 0 aliphatic heterocycles. The number of aromatic hydroxyl groups is 1. The summed E-state index contributed by atoms with van der Waals surface area (Å²) in [4.78, 5) is 1.98. The molecule has 3 N–H and O–H groups in total. The second kappa shape index (κ2) is 10.0. The number of nitrogens with two attached hydrogens (primary N) is 1. The number of hydrogen-bond acceptors (Lipinski definition) is 3. The summed E-state index contributed by atoms with van der Waals surface area (Å²) in [5, 5.41) is 10.5. The summed E-state index contributed by atoms with van der Waals surface area (Å²) in [6.07, 6.45) is 9.48. The van der Waals surface area contributed by atoms with Gasteiger partial charge in [-0.1, -0.05) is 43.7 Å². The Balaban J connectivity index is 3.38. The van der Waals surface area contributed by atoms with Gasteiger partial charge in [-0.05, 0) is 51.4 Å². The largest absolute Gasteiger partial charge is 0.507 e. The number of likely N-dealkylation sites (N-methyl/N-ethyl adjacent to an activating group) is 1. The van der Waals surface area contributed by atoms with Crippen LogP contribution in [-0.4, -0.2) is 23.6 Å². The molecule has 0 aliphatic rings. The van der Waals surface area contributed by atoms with Gasteiger partial charge < -0.3 is 10.8 Å². The van der Waals surface area contributed by atoms with Gasteiger partial charge in [0.2, 0.25) is 0 Å². The van der Waals surface area contributed by atoms with Crippen LogP contribution in [0.5, 0.6) is 5.75 Å². The van der Waals surface area contributed by atoms with E-state index in [1.54, 1.807) is 6.07 Å². The van der Waals surface area contributed by atoms with Gasteiger partial charge in [-0.2, -0.15) is 0 Å². The number of phenols is 1. The van der Waals surface area contributed by atoms with E-state index in [9.17, 15) is 9.50 Å². The maximum atomic E-state index is 14.8. The lowest BCUT2D eigenvalue weighted by atomic mass is 9.94. The molecule has 1 aromatic rings. The Hall–Kier alpha value is -2.07. The number of aryl methyl sites for hydroxylation is 1. The van der Waals surface area contributed by atoms with Gasteiger partial charge >= 0.3 is 0 Å². The minimum absolute atomic E-state index is 0.00521. The predicted molar refractivity (Wildman–Crippen MR) is 104 cm³/mol. The third-order valence-corrected chi connectivity index (χ3v) is 4.15. The quantitative estimate of drug-likeness (QED) is 0.662. The fourth-order valence-electron chi connectivity index (χ4n) is 2.77. The highest BCUT2D eigenvalue weighted by Crippen LogP contribution is 2.36. The van der Waals surface area contributed by atoms with E-state index in [0.717, 1.165) is 17.6 Å². The summed E-state index contributed by atoms with van der Waals surface area (Å²) in [6, 6.07) is 2.79. The van der Waals surface area contributed by atoms with Crippen molar-refractivity contribution in [1.29, 1.82) is 0 Å². The second-order valence-corrected chi connectivity index (χ2v) is 6.40. The van der Waals surface area contributed by atoms with Crippen molar-refractivity contribution in [3.63, 3.8) is 0 Å². The fraction of sp³-hybridized carbons (Fsp3) is 0.429. The van der Waals surface area contributed by atoms with Gasteiger partial charge in [-0.3, -0.25) is 4.90 Å². The van der Waals surface area contributed by atoms with Crippen molar-refractivity contribution >= 4 is 0 Å². The molecule has 0 radical (unpaired) electrons. The van der Waals surface area contributed by atoms with E-state index in [4.69, 9.17) is 5.73 Å². The van der Waals surface area contributed by atoms with Crippen molar-refractivity contribution < 1.29 is 9.50 Å². The number of phenolic OH excluding ortho intramolecular Hbond substituents is 1. The molecule has 0 amide bonds. The Bertz CT molecular complexity index is 635. The molecule has 0 aliphatic carbocycles. The van der Waals surface area contributed by atoms with E-state index >= 15 is 0 Å². The van der Waals surface area contributed by atoms with Crippen LogP contribution in [-0.2, 0) is 6.42 Å². The highest BCUT2D eigenvalue weighted by Gasteiger charge is 2.25. The van der Waals surface area contributed by atoms with Crippen LogP contribution in [0.4, 0.5) is 4.39 Å². The smallest absolute Gasteiger partial charge is 0.132 e. The third-order valence-electron chi connectivity index (χ3n) is 4.15. The summed E-state index contributed by atoms with van der Waals surface area (Å²) in [5.74, 6) is -0.385. The molecule has 25 heavy (non-hydrogen) atoms. The number of nitrogens with zero attached hydrogens (tertiary/aromatic N) is 1. The minimum atomic E-state index is -0.380. The van der Waals surface area contributed by atoms with Crippen molar-refractivity contribution in [3.05, 3.63) is 64.7 Å². The van der Waals surface area contributed by atoms with Crippen LogP contribution in [0.2, 0.25) is 0 Å². The molecule has 0 saturated carbocycles. The molecule has 0 heterocycles. The molecule has 0 spiro atoms. The maximum Gasteiger partial charge on any atom is 0.132 e. The summed E-state index contributed by atoms with van der Waals surface area (Å²) >= 11 is 0. The average Bonchev–Trinajstić information content (AvgIpc) is 2.55. The topological polar surface area (TPSA) is 49.5 Å². The summed E-state index contributed by atoms with van der Waals surface area (Å²) in [7, 11) is 1.90. The molecule has 138 valence electrons. The molecular weight excluding hydrogens is 315 g/mol. The van der Waals surface area contributed by atoms with Crippen LogP contribution in [0, 0.1) is 5.82 Å². The summed E-state index contributed by atoms with van der Waals surface area (Å²) < 4.78 is 14.8. The van der Waals surface area contributed by atoms with Gasteiger partial charge in [0, 0.05) is 12.2 Å². The van der Waals surface area contributed by atoms with E-state index in [0.29, 0.717) is 24.2 Å². The molecule has 1 aromatic carbocycles.